The molecular weight excluding hydrogens is 146 g/mol. The number of nitrogens with zero attached hydrogens (tertiary/aromatic N) is 1. The zero-order valence-corrected chi connectivity index (χ0v) is 8.42. The molecule has 0 bridgehead atoms. The smallest absolute Gasteiger partial charge is 0.0101 e. The van der Waals surface area contributed by atoms with E-state index in [1.165, 1.54) is 38.6 Å². The van der Waals surface area contributed by atoms with Crippen LogP contribution in [0.3, 0.4) is 0 Å². The summed E-state index contributed by atoms with van der Waals surface area (Å²) in [5.74, 6) is 0.972. The second-order valence-electron chi connectivity index (χ2n) is 4.81. The third-order valence-electron chi connectivity index (χ3n) is 3.66. The first-order valence-corrected chi connectivity index (χ1v) is 5.53. The number of hydrogen-bond acceptors (Lipinski definition) is 1. The topological polar surface area (TPSA) is 3.24 Å². The molecule has 2 rings (SSSR count). The summed E-state index contributed by atoms with van der Waals surface area (Å²) in [5, 5.41) is 0. The van der Waals surface area contributed by atoms with Gasteiger partial charge in [0.2, 0.25) is 0 Å². The van der Waals surface area contributed by atoms with Gasteiger partial charge < -0.3 is 0 Å². The highest BCUT2D eigenvalue weighted by molar-refractivity contribution is 4.87. The molecule has 0 aromatic rings. The first-order chi connectivity index (χ1) is 5.77. The van der Waals surface area contributed by atoms with E-state index in [2.05, 4.69) is 18.7 Å². The summed E-state index contributed by atoms with van der Waals surface area (Å²) >= 11 is 0. The van der Waals surface area contributed by atoms with Crippen LogP contribution < -0.4 is 0 Å². The molecule has 12 heavy (non-hydrogen) atoms. The molecule has 0 N–H and O–H groups in total. The average Bonchev–Trinajstić information content (AvgIpc) is 2.04. The van der Waals surface area contributed by atoms with Crippen molar-refractivity contribution < 1.29 is 0 Å². The minimum Gasteiger partial charge on any atom is -0.298 e. The van der Waals surface area contributed by atoms with E-state index in [0.717, 1.165) is 18.0 Å². The Bertz CT molecular complexity index is 155. The van der Waals surface area contributed by atoms with E-state index in [9.17, 15) is 0 Å². The molecule has 2 aliphatic rings. The van der Waals surface area contributed by atoms with Crippen molar-refractivity contribution in [3.63, 3.8) is 0 Å². The maximum Gasteiger partial charge on any atom is 0.0101 e. The minimum atomic E-state index is 0.860. The fourth-order valence-electron chi connectivity index (χ4n) is 3.13. The van der Waals surface area contributed by atoms with Gasteiger partial charge >= 0.3 is 0 Å². The third-order valence-corrected chi connectivity index (χ3v) is 3.66. The number of fused-ring (bicyclic) bond motifs is 1. The Labute approximate surface area is 76.1 Å². The Morgan fingerprint density at radius 1 is 1.08 bits per heavy atom. The lowest BCUT2D eigenvalue weighted by atomic mass is 9.83. The zero-order valence-electron chi connectivity index (χ0n) is 8.42. The van der Waals surface area contributed by atoms with Gasteiger partial charge in [0, 0.05) is 12.1 Å². The van der Waals surface area contributed by atoms with Crippen LogP contribution in [0, 0.1) is 5.92 Å². The highest BCUT2D eigenvalue weighted by atomic mass is 15.2. The molecule has 0 unspecified atom stereocenters. The molecule has 0 spiro atoms. The maximum absolute atomic E-state index is 2.75. The molecule has 0 aromatic heterocycles. The molecule has 70 valence electrons. The molecule has 2 fully saturated rings. The Morgan fingerprint density at radius 3 is 2.75 bits per heavy atom. The molecule has 0 aromatic carbocycles. The molecule has 3 atom stereocenters. The van der Waals surface area contributed by atoms with E-state index in [-0.39, 0.29) is 0 Å². The molecule has 0 aliphatic carbocycles. The van der Waals surface area contributed by atoms with Crippen LogP contribution in [0.25, 0.3) is 0 Å². The fourth-order valence-corrected chi connectivity index (χ4v) is 3.13. The predicted molar refractivity (Wildman–Crippen MR) is 52.2 cm³/mol. The third kappa shape index (κ3) is 1.52. The molecule has 1 heteroatoms. The summed E-state index contributed by atoms with van der Waals surface area (Å²) in [6.45, 7) is 6.20. The van der Waals surface area contributed by atoms with E-state index >= 15 is 0 Å². The van der Waals surface area contributed by atoms with Crippen LogP contribution in [0.15, 0.2) is 0 Å². The Kier molecular flexibility index (Phi) is 2.40. The normalized spacial score (nSPS) is 44.0. The summed E-state index contributed by atoms with van der Waals surface area (Å²) in [7, 11) is 0. The minimum absolute atomic E-state index is 0.860. The van der Waals surface area contributed by atoms with Crippen LogP contribution in [0.2, 0.25) is 0 Å². The van der Waals surface area contributed by atoms with Crippen molar-refractivity contribution in [3.05, 3.63) is 0 Å². The second-order valence-corrected chi connectivity index (χ2v) is 4.81. The number of rotatable bonds is 0. The highest BCUT2D eigenvalue weighted by Crippen LogP contribution is 2.32. The van der Waals surface area contributed by atoms with Crippen molar-refractivity contribution in [2.75, 3.05) is 6.54 Å². The second kappa shape index (κ2) is 3.37. The van der Waals surface area contributed by atoms with Crippen molar-refractivity contribution in [3.8, 4) is 0 Å². The van der Waals surface area contributed by atoms with E-state index in [1.807, 2.05) is 0 Å². The fraction of sp³-hybridized carbons (Fsp3) is 1.00. The average molecular weight is 167 g/mol. The van der Waals surface area contributed by atoms with Crippen LogP contribution in [0.1, 0.15) is 46.0 Å². The first-order valence-electron chi connectivity index (χ1n) is 5.53. The summed E-state index contributed by atoms with van der Waals surface area (Å²) < 4.78 is 0. The van der Waals surface area contributed by atoms with Crippen LogP contribution in [0.5, 0.6) is 0 Å². The Hall–Kier alpha value is -0.0400. The molecule has 0 radical (unpaired) electrons. The van der Waals surface area contributed by atoms with Gasteiger partial charge in [-0.05, 0) is 45.1 Å². The molecule has 0 amide bonds. The molecular formula is C11H21N. The van der Waals surface area contributed by atoms with Crippen LogP contribution >= 0.6 is 0 Å². The van der Waals surface area contributed by atoms with E-state index in [1.54, 1.807) is 0 Å². The van der Waals surface area contributed by atoms with Crippen molar-refractivity contribution in [2.24, 2.45) is 5.92 Å². The van der Waals surface area contributed by atoms with E-state index in [4.69, 9.17) is 0 Å². The van der Waals surface area contributed by atoms with Gasteiger partial charge in [-0.1, -0.05) is 13.3 Å². The summed E-state index contributed by atoms with van der Waals surface area (Å²) in [4.78, 5) is 2.75. The lowest BCUT2D eigenvalue weighted by Crippen LogP contribution is -2.49. The van der Waals surface area contributed by atoms with Crippen molar-refractivity contribution in [1.29, 1.82) is 0 Å². The zero-order chi connectivity index (χ0) is 8.55. The van der Waals surface area contributed by atoms with E-state index in [0.29, 0.717) is 0 Å². The van der Waals surface area contributed by atoms with Gasteiger partial charge in [-0.15, -0.1) is 0 Å². The van der Waals surface area contributed by atoms with Gasteiger partial charge in [0.15, 0.2) is 0 Å². The Balaban J connectivity index is 2.01. The van der Waals surface area contributed by atoms with Crippen LogP contribution in [-0.2, 0) is 0 Å². The SMILES string of the molecule is C[C@@H]1C[C@H]2CCCCN2[C@H](C)C1. The quantitative estimate of drug-likeness (QED) is 0.536. The Morgan fingerprint density at radius 2 is 1.92 bits per heavy atom. The largest absolute Gasteiger partial charge is 0.298 e. The van der Waals surface area contributed by atoms with Crippen LogP contribution in [0.4, 0.5) is 0 Å². The first kappa shape index (κ1) is 8.55. The predicted octanol–water partition coefficient (Wildman–Crippen LogP) is 2.66. The summed E-state index contributed by atoms with van der Waals surface area (Å²) in [5.41, 5.74) is 0. The number of hydrogen-bond donors (Lipinski definition) is 0. The number of piperidine rings is 2. The van der Waals surface area contributed by atoms with E-state index < -0.39 is 0 Å². The summed E-state index contributed by atoms with van der Waals surface area (Å²) in [6, 6.07) is 1.80. The van der Waals surface area contributed by atoms with Gasteiger partial charge in [0.05, 0.1) is 0 Å². The monoisotopic (exact) mass is 167 g/mol. The van der Waals surface area contributed by atoms with Gasteiger partial charge in [-0.25, -0.2) is 0 Å². The maximum atomic E-state index is 2.75. The van der Waals surface area contributed by atoms with Crippen molar-refractivity contribution >= 4 is 0 Å². The molecule has 0 saturated carbocycles. The lowest BCUT2D eigenvalue weighted by molar-refractivity contribution is 0.0382. The molecule has 2 aliphatic heterocycles. The highest BCUT2D eigenvalue weighted by Gasteiger charge is 2.32. The van der Waals surface area contributed by atoms with Crippen molar-refractivity contribution in [2.45, 2.75) is 58.0 Å². The standard InChI is InChI=1S/C11H21N/c1-9-7-10(2)12-6-4-3-5-11(12)8-9/h9-11H,3-8H2,1-2H3/t9-,10+,11+/m0/s1. The molecule has 1 nitrogen and oxygen atoms in total. The van der Waals surface area contributed by atoms with Gasteiger partial charge in [0.1, 0.15) is 0 Å². The van der Waals surface area contributed by atoms with Gasteiger partial charge in [0.25, 0.3) is 0 Å². The van der Waals surface area contributed by atoms with Crippen molar-refractivity contribution in [1.82, 2.24) is 4.90 Å². The van der Waals surface area contributed by atoms with Crippen LogP contribution in [-0.4, -0.2) is 23.5 Å². The van der Waals surface area contributed by atoms with Gasteiger partial charge in [-0.3, -0.25) is 4.90 Å². The lowest BCUT2D eigenvalue weighted by Gasteiger charge is -2.46. The van der Waals surface area contributed by atoms with Gasteiger partial charge in [-0.2, -0.15) is 0 Å². The molecule has 2 saturated heterocycles. The summed E-state index contributed by atoms with van der Waals surface area (Å²) in [6.07, 6.45) is 7.27. The molecule has 2 heterocycles.